The Labute approximate surface area is 102 Å². The summed E-state index contributed by atoms with van der Waals surface area (Å²) in [6.45, 7) is 2.04. The molecule has 3 aromatic rings. The molecule has 1 atom stereocenters. The number of rotatable bonds is 3. The van der Waals surface area contributed by atoms with Gasteiger partial charge in [0.2, 0.25) is 0 Å². The summed E-state index contributed by atoms with van der Waals surface area (Å²) < 4.78 is 1.07. The Hall–Kier alpha value is -1.95. The van der Waals surface area contributed by atoms with Crippen LogP contribution in [0.15, 0.2) is 30.2 Å². The predicted molar refractivity (Wildman–Crippen MR) is 68.0 cm³/mol. The minimum absolute atomic E-state index is 0.0881. The number of thiophene rings is 1. The average Bonchev–Trinajstić information content (AvgIpc) is 3.00. The molecule has 0 saturated heterocycles. The highest BCUT2D eigenvalue weighted by Crippen LogP contribution is 2.27. The summed E-state index contributed by atoms with van der Waals surface area (Å²) in [5, 5.41) is 5.35. The van der Waals surface area contributed by atoms with Crippen LogP contribution in [0.2, 0.25) is 0 Å². The Kier molecular flexibility index (Phi) is 2.49. The van der Waals surface area contributed by atoms with Gasteiger partial charge in [0.05, 0.1) is 16.3 Å². The Bertz CT molecular complexity index is 616. The SMILES string of the molecule is CC(Nc1ncnc2ccsc12)c1ncc[nH]1. The van der Waals surface area contributed by atoms with Crippen LogP contribution < -0.4 is 5.32 Å². The number of fused-ring (bicyclic) bond motifs is 1. The molecule has 0 aromatic carbocycles. The summed E-state index contributed by atoms with van der Waals surface area (Å²) in [4.78, 5) is 15.8. The van der Waals surface area contributed by atoms with Gasteiger partial charge in [-0.1, -0.05) is 0 Å². The molecule has 0 aliphatic rings. The Morgan fingerprint density at radius 2 is 2.29 bits per heavy atom. The molecule has 0 saturated carbocycles. The first-order valence-electron chi connectivity index (χ1n) is 5.28. The largest absolute Gasteiger partial charge is 0.359 e. The number of hydrogen-bond acceptors (Lipinski definition) is 5. The molecule has 5 nitrogen and oxygen atoms in total. The van der Waals surface area contributed by atoms with Crippen LogP contribution in [0.4, 0.5) is 5.82 Å². The molecule has 0 fully saturated rings. The van der Waals surface area contributed by atoms with Gasteiger partial charge in [-0.25, -0.2) is 15.0 Å². The third kappa shape index (κ3) is 1.87. The van der Waals surface area contributed by atoms with Crippen molar-refractivity contribution in [1.29, 1.82) is 0 Å². The van der Waals surface area contributed by atoms with Gasteiger partial charge in [0, 0.05) is 12.4 Å². The second kappa shape index (κ2) is 4.14. The lowest BCUT2D eigenvalue weighted by atomic mass is 10.3. The van der Waals surface area contributed by atoms with Crippen molar-refractivity contribution in [3.05, 3.63) is 36.0 Å². The number of imidazole rings is 1. The predicted octanol–water partition coefficient (Wildman–Crippen LogP) is 2.59. The zero-order chi connectivity index (χ0) is 11.7. The topological polar surface area (TPSA) is 66.5 Å². The van der Waals surface area contributed by atoms with E-state index in [2.05, 4.69) is 25.3 Å². The second-order valence-electron chi connectivity index (χ2n) is 3.70. The molecule has 17 heavy (non-hydrogen) atoms. The van der Waals surface area contributed by atoms with Gasteiger partial charge in [-0.15, -0.1) is 11.3 Å². The van der Waals surface area contributed by atoms with Crippen LogP contribution in [-0.2, 0) is 0 Å². The monoisotopic (exact) mass is 245 g/mol. The molecular weight excluding hydrogens is 234 g/mol. The van der Waals surface area contributed by atoms with E-state index >= 15 is 0 Å². The van der Waals surface area contributed by atoms with Gasteiger partial charge in [0.1, 0.15) is 18.0 Å². The highest BCUT2D eigenvalue weighted by atomic mass is 32.1. The molecular formula is C11H11N5S. The van der Waals surface area contributed by atoms with Gasteiger partial charge in [-0.05, 0) is 18.4 Å². The van der Waals surface area contributed by atoms with E-state index in [9.17, 15) is 0 Å². The maximum atomic E-state index is 4.28. The van der Waals surface area contributed by atoms with E-state index in [4.69, 9.17) is 0 Å². The summed E-state index contributed by atoms with van der Waals surface area (Å²) in [5.41, 5.74) is 0.971. The number of H-pyrrole nitrogens is 1. The molecule has 6 heteroatoms. The highest BCUT2D eigenvalue weighted by molar-refractivity contribution is 7.17. The van der Waals surface area contributed by atoms with Gasteiger partial charge in [0.15, 0.2) is 0 Å². The summed E-state index contributed by atoms with van der Waals surface area (Å²) in [5.74, 6) is 1.75. The van der Waals surface area contributed by atoms with Crippen molar-refractivity contribution >= 4 is 27.4 Å². The Morgan fingerprint density at radius 3 is 3.12 bits per heavy atom. The van der Waals surface area contributed by atoms with Crippen LogP contribution in [0.3, 0.4) is 0 Å². The second-order valence-corrected chi connectivity index (χ2v) is 4.61. The molecule has 0 radical (unpaired) electrons. The molecule has 0 aliphatic carbocycles. The van der Waals surface area contributed by atoms with Crippen molar-refractivity contribution in [2.75, 3.05) is 5.32 Å². The van der Waals surface area contributed by atoms with Gasteiger partial charge in [-0.3, -0.25) is 0 Å². The molecule has 0 aliphatic heterocycles. The first kappa shape index (κ1) is 10.2. The van der Waals surface area contributed by atoms with Crippen LogP contribution in [0.25, 0.3) is 10.2 Å². The standard InChI is InChI=1S/C11H11N5S/c1-7(10-12-3-4-13-10)16-11-9-8(2-5-17-9)14-6-15-11/h2-7H,1H3,(H,12,13)(H,14,15,16). The summed E-state index contributed by atoms with van der Waals surface area (Å²) >= 11 is 1.64. The number of aromatic amines is 1. The minimum Gasteiger partial charge on any atom is -0.359 e. The summed E-state index contributed by atoms with van der Waals surface area (Å²) in [6.07, 6.45) is 5.13. The Morgan fingerprint density at radius 1 is 1.35 bits per heavy atom. The third-order valence-corrected chi connectivity index (χ3v) is 3.44. The lowest BCUT2D eigenvalue weighted by Crippen LogP contribution is -2.09. The van der Waals surface area contributed by atoms with E-state index in [-0.39, 0.29) is 6.04 Å². The number of nitrogens with one attached hydrogen (secondary N) is 2. The van der Waals surface area contributed by atoms with Crippen LogP contribution in [0, 0.1) is 0 Å². The van der Waals surface area contributed by atoms with Crippen molar-refractivity contribution in [2.24, 2.45) is 0 Å². The van der Waals surface area contributed by atoms with E-state index in [0.717, 1.165) is 21.9 Å². The Balaban J connectivity index is 1.92. The normalized spacial score (nSPS) is 12.8. The van der Waals surface area contributed by atoms with Gasteiger partial charge in [-0.2, -0.15) is 0 Å². The molecule has 0 spiro atoms. The van der Waals surface area contributed by atoms with E-state index in [1.807, 2.05) is 24.6 Å². The first-order valence-corrected chi connectivity index (χ1v) is 6.16. The van der Waals surface area contributed by atoms with E-state index < -0.39 is 0 Å². The quantitative estimate of drug-likeness (QED) is 0.744. The molecule has 0 bridgehead atoms. The molecule has 3 heterocycles. The van der Waals surface area contributed by atoms with Crippen LogP contribution in [0.5, 0.6) is 0 Å². The van der Waals surface area contributed by atoms with Crippen molar-refractivity contribution in [3.63, 3.8) is 0 Å². The molecule has 1 unspecified atom stereocenters. The third-order valence-electron chi connectivity index (χ3n) is 2.53. The molecule has 86 valence electrons. The molecule has 3 aromatic heterocycles. The maximum Gasteiger partial charge on any atom is 0.148 e. The smallest absolute Gasteiger partial charge is 0.148 e. The highest BCUT2D eigenvalue weighted by Gasteiger charge is 2.11. The molecule has 2 N–H and O–H groups in total. The first-order chi connectivity index (χ1) is 8.34. The van der Waals surface area contributed by atoms with Gasteiger partial charge < -0.3 is 10.3 Å². The maximum absolute atomic E-state index is 4.28. The number of nitrogens with zero attached hydrogens (tertiary/aromatic N) is 3. The van der Waals surface area contributed by atoms with Crippen LogP contribution in [0.1, 0.15) is 18.8 Å². The zero-order valence-corrected chi connectivity index (χ0v) is 10.0. The average molecular weight is 245 g/mol. The number of anilines is 1. The molecule has 3 rings (SSSR count). The van der Waals surface area contributed by atoms with Crippen LogP contribution >= 0.6 is 11.3 Å². The lowest BCUT2D eigenvalue weighted by Gasteiger charge is -2.12. The van der Waals surface area contributed by atoms with Gasteiger partial charge in [0.25, 0.3) is 0 Å². The molecule has 0 amide bonds. The van der Waals surface area contributed by atoms with Crippen molar-refractivity contribution in [3.8, 4) is 0 Å². The number of hydrogen-bond donors (Lipinski definition) is 2. The lowest BCUT2D eigenvalue weighted by molar-refractivity contribution is 0.805. The minimum atomic E-state index is 0.0881. The van der Waals surface area contributed by atoms with E-state index in [1.165, 1.54) is 0 Å². The fraction of sp³-hybridized carbons (Fsp3) is 0.182. The van der Waals surface area contributed by atoms with E-state index in [0.29, 0.717) is 0 Å². The van der Waals surface area contributed by atoms with E-state index in [1.54, 1.807) is 23.9 Å². The fourth-order valence-corrected chi connectivity index (χ4v) is 2.48. The van der Waals surface area contributed by atoms with Crippen molar-refractivity contribution < 1.29 is 0 Å². The number of aromatic nitrogens is 4. The summed E-state index contributed by atoms with van der Waals surface area (Å²) in [6, 6.07) is 2.08. The zero-order valence-electron chi connectivity index (χ0n) is 9.21. The fourth-order valence-electron chi connectivity index (χ4n) is 1.68. The van der Waals surface area contributed by atoms with Crippen LogP contribution in [-0.4, -0.2) is 19.9 Å². The van der Waals surface area contributed by atoms with Gasteiger partial charge >= 0.3 is 0 Å². The van der Waals surface area contributed by atoms with Crippen molar-refractivity contribution in [2.45, 2.75) is 13.0 Å². The van der Waals surface area contributed by atoms with Crippen molar-refractivity contribution in [1.82, 2.24) is 19.9 Å². The summed E-state index contributed by atoms with van der Waals surface area (Å²) in [7, 11) is 0.